The van der Waals surface area contributed by atoms with Gasteiger partial charge in [0, 0.05) is 10.6 Å². The molecule has 0 unspecified atom stereocenters. The Kier molecular flexibility index (Phi) is 5.36. The number of para-hydroxylation sites is 2. The minimum atomic E-state index is -0.136. The van der Waals surface area contributed by atoms with Crippen molar-refractivity contribution in [3.63, 3.8) is 0 Å². The lowest BCUT2D eigenvalue weighted by molar-refractivity contribution is -0.113. The summed E-state index contributed by atoms with van der Waals surface area (Å²) in [6.07, 6.45) is 0. The van der Waals surface area contributed by atoms with E-state index in [2.05, 4.69) is 5.32 Å². The van der Waals surface area contributed by atoms with Crippen LogP contribution in [0, 0.1) is 0 Å². The summed E-state index contributed by atoms with van der Waals surface area (Å²) in [6.45, 7) is 0. The predicted octanol–water partition coefficient (Wildman–Crippen LogP) is 3.66. The fourth-order valence-corrected chi connectivity index (χ4v) is 2.77. The summed E-state index contributed by atoms with van der Waals surface area (Å²) in [5.74, 6) is 0.724. The molecule has 2 rings (SSSR count). The van der Waals surface area contributed by atoms with Crippen LogP contribution in [0.3, 0.4) is 0 Å². The van der Waals surface area contributed by atoms with Gasteiger partial charge < -0.3 is 15.8 Å². The zero-order valence-corrected chi connectivity index (χ0v) is 13.0. The van der Waals surface area contributed by atoms with Gasteiger partial charge in [-0.05, 0) is 30.3 Å². The van der Waals surface area contributed by atoms with Gasteiger partial charge in [0.1, 0.15) is 5.75 Å². The third-order valence-corrected chi connectivity index (χ3v) is 4.19. The van der Waals surface area contributed by atoms with Gasteiger partial charge in [0.05, 0.1) is 23.6 Å². The number of benzene rings is 2. The molecule has 0 bridgehead atoms. The molecule has 0 saturated heterocycles. The molecule has 0 fully saturated rings. The fourth-order valence-electron chi connectivity index (χ4n) is 1.71. The van der Waals surface area contributed by atoms with Crippen LogP contribution >= 0.6 is 23.4 Å². The average Bonchev–Trinajstić information content (AvgIpc) is 2.49. The van der Waals surface area contributed by atoms with Crippen LogP contribution in [0.4, 0.5) is 11.4 Å². The van der Waals surface area contributed by atoms with Crippen molar-refractivity contribution in [3.05, 3.63) is 47.5 Å². The van der Waals surface area contributed by atoms with Crippen molar-refractivity contribution in [2.45, 2.75) is 4.90 Å². The number of amides is 1. The molecule has 1 amide bonds. The summed E-state index contributed by atoms with van der Waals surface area (Å²) in [7, 11) is 1.56. The summed E-state index contributed by atoms with van der Waals surface area (Å²) >= 11 is 7.40. The molecule has 2 aromatic carbocycles. The maximum Gasteiger partial charge on any atom is 0.234 e. The number of rotatable bonds is 5. The molecule has 0 aliphatic heterocycles. The molecule has 0 aromatic heterocycles. The third-order valence-electron chi connectivity index (χ3n) is 2.70. The van der Waals surface area contributed by atoms with E-state index in [0.717, 1.165) is 4.90 Å². The normalized spacial score (nSPS) is 10.2. The van der Waals surface area contributed by atoms with Crippen molar-refractivity contribution < 1.29 is 9.53 Å². The Bertz CT molecular complexity index is 649. The van der Waals surface area contributed by atoms with Gasteiger partial charge in [-0.1, -0.05) is 23.7 Å². The minimum absolute atomic E-state index is 0.136. The van der Waals surface area contributed by atoms with Crippen LogP contribution in [-0.2, 0) is 4.79 Å². The number of nitrogen functional groups attached to an aromatic ring is 1. The number of hydrogen-bond acceptors (Lipinski definition) is 4. The molecule has 6 heteroatoms. The quantitative estimate of drug-likeness (QED) is 0.651. The van der Waals surface area contributed by atoms with Crippen molar-refractivity contribution >= 4 is 40.6 Å². The van der Waals surface area contributed by atoms with Crippen LogP contribution < -0.4 is 15.8 Å². The first kappa shape index (κ1) is 15.5. The molecule has 0 aliphatic carbocycles. The molecule has 0 spiro atoms. The van der Waals surface area contributed by atoms with Gasteiger partial charge in [-0.2, -0.15) is 0 Å². The first-order valence-corrected chi connectivity index (χ1v) is 7.57. The highest BCUT2D eigenvalue weighted by molar-refractivity contribution is 8.00. The minimum Gasteiger partial charge on any atom is -0.495 e. The smallest absolute Gasteiger partial charge is 0.234 e. The lowest BCUT2D eigenvalue weighted by Gasteiger charge is -2.10. The molecule has 110 valence electrons. The van der Waals surface area contributed by atoms with Crippen LogP contribution in [-0.4, -0.2) is 18.8 Å². The van der Waals surface area contributed by atoms with E-state index in [1.54, 1.807) is 37.4 Å². The largest absolute Gasteiger partial charge is 0.495 e. The second kappa shape index (κ2) is 7.24. The van der Waals surface area contributed by atoms with Gasteiger partial charge in [0.2, 0.25) is 5.91 Å². The first-order chi connectivity index (χ1) is 10.1. The van der Waals surface area contributed by atoms with Gasteiger partial charge in [0.25, 0.3) is 0 Å². The Morgan fingerprint density at radius 3 is 2.86 bits per heavy atom. The number of carbonyl (C=O) groups is 1. The number of thioether (sulfide) groups is 1. The molecular weight excluding hydrogens is 308 g/mol. The van der Waals surface area contributed by atoms with E-state index >= 15 is 0 Å². The Hall–Kier alpha value is -1.85. The van der Waals surface area contributed by atoms with E-state index in [0.29, 0.717) is 22.1 Å². The number of nitrogens with one attached hydrogen (secondary N) is 1. The predicted molar refractivity (Wildman–Crippen MR) is 88.2 cm³/mol. The highest BCUT2D eigenvalue weighted by Gasteiger charge is 2.09. The number of hydrogen-bond donors (Lipinski definition) is 2. The van der Waals surface area contributed by atoms with Crippen LogP contribution in [0.1, 0.15) is 0 Å². The van der Waals surface area contributed by atoms with E-state index < -0.39 is 0 Å². The standard InChI is InChI=1S/C15H15ClN2O2S/c1-20-13-5-3-2-4-12(13)18-15(19)9-21-14-8-10(17)6-7-11(14)16/h2-8H,9,17H2,1H3,(H,18,19). The molecule has 0 aliphatic rings. The molecule has 0 heterocycles. The van der Waals surface area contributed by atoms with Gasteiger partial charge in [-0.15, -0.1) is 11.8 Å². The van der Waals surface area contributed by atoms with Crippen molar-refractivity contribution in [1.82, 2.24) is 0 Å². The Morgan fingerprint density at radius 2 is 2.10 bits per heavy atom. The fraction of sp³-hybridized carbons (Fsp3) is 0.133. The number of methoxy groups -OCH3 is 1. The molecule has 0 radical (unpaired) electrons. The maximum atomic E-state index is 12.0. The number of halogens is 1. The second-order valence-electron chi connectivity index (χ2n) is 4.23. The van der Waals surface area contributed by atoms with Crippen molar-refractivity contribution in [2.24, 2.45) is 0 Å². The molecule has 2 aromatic rings. The zero-order valence-electron chi connectivity index (χ0n) is 11.4. The zero-order chi connectivity index (χ0) is 15.2. The van der Waals surface area contributed by atoms with Gasteiger partial charge in [0.15, 0.2) is 0 Å². The van der Waals surface area contributed by atoms with Crippen LogP contribution in [0.25, 0.3) is 0 Å². The van der Waals surface area contributed by atoms with Crippen molar-refractivity contribution in [1.29, 1.82) is 0 Å². The highest BCUT2D eigenvalue weighted by Crippen LogP contribution is 2.29. The Balaban J connectivity index is 1.97. The van der Waals surface area contributed by atoms with E-state index in [-0.39, 0.29) is 11.7 Å². The van der Waals surface area contributed by atoms with E-state index in [1.807, 2.05) is 12.1 Å². The molecule has 0 saturated carbocycles. The van der Waals surface area contributed by atoms with Gasteiger partial charge in [-0.3, -0.25) is 4.79 Å². The maximum absolute atomic E-state index is 12.0. The van der Waals surface area contributed by atoms with E-state index in [1.165, 1.54) is 11.8 Å². The monoisotopic (exact) mass is 322 g/mol. The average molecular weight is 323 g/mol. The SMILES string of the molecule is COc1ccccc1NC(=O)CSc1cc(N)ccc1Cl. The topological polar surface area (TPSA) is 64.3 Å². The summed E-state index contributed by atoms with van der Waals surface area (Å²) in [4.78, 5) is 12.8. The Labute approximate surface area is 132 Å². The Morgan fingerprint density at radius 1 is 1.33 bits per heavy atom. The lowest BCUT2D eigenvalue weighted by Crippen LogP contribution is -2.14. The van der Waals surface area contributed by atoms with Crippen LogP contribution in [0.15, 0.2) is 47.4 Å². The molecule has 21 heavy (non-hydrogen) atoms. The number of ether oxygens (including phenoxy) is 1. The first-order valence-electron chi connectivity index (χ1n) is 6.21. The third kappa shape index (κ3) is 4.31. The summed E-state index contributed by atoms with van der Waals surface area (Å²) in [6, 6.07) is 12.4. The summed E-state index contributed by atoms with van der Waals surface area (Å²) in [5.41, 5.74) is 6.97. The highest BCUT2D eigenvalue weighted by atomic mass is 35.5. The molecular formula is C15H15ClN2O2S. The lowest BCUT2D eigenvalue weighted by atomic mass is 10.3. The van der Waals surface area contributed by atoms with Crippen molar-refractivity contribution in [3.8, 4) is 5.75 Å². The molecule has 3 N–H and O–H groups in total. The molecule has 0 atom stereocenters. The number of carbonyl (C=O) groups excluding carboxylic acids is 1. The molecule has 4 nitrogen and oxygen atoms in total. The summed E-state index contributed by atoms with van der Waals surface area (Å²) in [5, 5.41) is 3.39. The number of anilines is 2. The van der Waals surface area contributed by atoms with E-state index in [4.69, 9.17) is 22.1 Å². The van der Waals surface area contributed by atoms with Crippen LogP contribution in [0.5, 0.6) is 5.75 Å². The van der Waals surface area contributed by atoms with Crippen LogP contribution in [0.2, 0.25) is 5.02 Å². The van der Waals surface area contributed by atoms with Crippen molar-refractivity contribution in [2.75, 3.05) is 23.9 Å². The second-order valence-corrected chi connectivity index (χ2v) is 5.65. The van der Waals surface area contributed by atoms with Gasteiger partial charge >= 0.3 is 0 Å². The van der Waals surface area contributed by atoms with E-state index in [9.17, 15) is 4.79 Å². The van der Waals surface area contributed by atoms with Gasteiger partial charge in [-0.25, -0.2) is 0 Å². The number of nitrogens with two attached hydrogens (primary N) is 1. The summed E-state index contributed by atoms with van der Waals surface area (Å²) < 4.78 is 5.18.